The van der Waals surface area contributed by atoms with Crippen LogP contribution < -0.4 is 21.7 Å². The molecule has 3 N–H and O–H groups in total. The number of fused-ring (bicyclic) bond motifs is 2. The molecule has 33 heavy (non-hydrogen) atoms. The van der Waals surface area contributed by atoms with Crippen molar-refractivity contribution in [1.82, 2.24) is 9.55 Å². The van der Waals surface area contributed by atoms with Crippen LogP contribution in [0.5, 0.6) is 5.75 Å². The molecule has 0 spiro atoms. The Bertz CT molecular complexity index is 1410. The number of H-pyrrole nitrogens is 1. The summed E-state index contributed by atoms with van der Waals surface area (Å²) in [4.78, 5) is 27.6. The quantitative estimate of drug-likeness (QED) is 0.534. The van der Waals surface area contributed by atoms with Gasteiger partial charge in [0.15, 0.2) is 5.75 Å². The SMILES string of the molecule is COc1c(-c2cc3c(s2)CCC(F)(F)C3N)c(F)c(C(F)F)c2c(=O)[nH]c(=O)n(C3CC3)c12. The maximum Gasteiger partial charge on any atom is 0.329 e. The Morgan fingerprint density at radius 3 is 2.61 bits per heavy atom. The molecule has 2 aromatic heterocycles. The standard InChI is InChI=1S/C21H18F5N3O3S/c1-32-16-11(10-6-8-9(33-10)4-5-21(25,26)17(8)27)14(22)12(18(23)24)13-15(16)29(7-2-3-7)20(31)28-19(13)30/h6-7,17-18H,2-5,27H2,1H3,(H,28,30,31). The molecule has 0 radical (unpaired) electrons. The van der Waals surface area contributed by atoms with Crippen LogP contribution in [0, 0.1) is 5.82 Å². The number of methoxy groups -OCH3 is 1. The van der Waals surface area contributed by atoms with Gasteiger partial charge in [-0.1, -0.05) is 0 Å². The molecule has 0 aliphatic heterocycles. The van der Waals surface area contributed by atoms with E-state index in [-0.39, 0.29) is 34.2 Å². The number of aromatic nitrogens is 2. The van der Waals surface area contributed by atoms with E-state index in [1.807, 2.05) is 4.98 Å². The summed E-state index contributed by atoms with van der Waals surface area (Å²) in [5.74, 6) is -4.84. The van der Waals surface area contributed by atoms with Crippen molar-refractivity contribution < 1.29 is 26.7 Å². The Balaban J connectivity index is 1.90. The highest BCUT2D eigenvalue weighted by Gasteiger charge is 2.44. The van der Waals surface area contributed by atoms with Crippen LogP contribution in [0.4, 0.5) is 22.0 Å². The minimum Gasteiger partial charge on any atom is -0.494 e. The van der Waals surface area contributed by atoms with Crippen LogP contribution in [0.25, 0.3) is 21.3 Å². The monoisotopic (exact) mass is 487 g/mol. The third kappa shape index (κ3) is 3.22. The van der Waals surface area contributed by atoms with Crippen LogP contribution in [0.2, 0.25) is 0 Å². The van der Waals surface area contributed by atoms with Gasteiger partial charge in [-0.2, -0.15) is 0 Å². The van der Waals surface area contributed by atoms with Gasteiger partial charge in [0.1, 0.15) is 11.3 Å². The van der Waals surface area contributed by atoms with Crippen LogP contribution in [-0.4, -0.2) is 22.6 Å². The summed E-state index contributed by atoms with van der Waals surface area (Å²) in [5, 5.41) is -0.667. The lowest BCUT2D eigenvalue weighted by Gasteiger charge is -2.28. The first kappa shape index (κ1) is 22.1. The van der Waals surface area contributed by atoms with E-state index in [1.165, 1.54) is 6.07 Å². The summed E-state index contributed by atoms with van der Waals surface area (Å²) in [6.07, 6.45) is -2.75. The fourth-order valence-electron chi connectivity index (χ4n) is 4.48. The molecular weight excluding hydrogens is 469 g/mol. The Morgan fingerprint density at radius 1 is 1.30 bits per heavy atom. The molecule has 1 fully saturated rings. The van der Waals surface area contributed by atoms with Crippen LogP contribution >= 0.6 is 11.3 Å². The smallest absolute Gasteiger partial charge is 0.329 e. The third-order valence-corrected chi connectivity index (χ3v) is 7.44. The molecule has 2 aliphatic rings. The number of hydrogen-bond acceptors (Lipinski definition) is 5. The van der Waals surface area contributed by atoms with Gasteiger partial charge in [0.2, 0.25) is 0 Å². The predicted octanol–water partition coefficient (Wildman–Crippen LogP) is 4.42. The van der Waals surface area contributed by atoms with Gasteiger partial charge >= 0.3 is 5.69 Å². The topological polar surface area (TPSA) is 90.1 Å². The van der Waals surface area contributed by atoms with Crippen molar-refractivity contribution in [2.75, 3.05) is 7.11 Å². The molecule has 1 aromatic carbocycles. The fourth-order valence-corrected chi connectivity index (χ4v) is 5.72. The molecule has 3 aromatic rings. The number of rotatable bonds is 4. The Kier molecular flexibility index (Phi) is 4.94. The van der Waals surface area contributed by atoms with Crippen molar-refractivity contribution in [2.24, 2.45) is 5.73 Å². The van der Waals surface area contributed by atoms with Crippen molar-refractivity contribution in [3.05, 3.63) is 48.7 Å². The van der Waals surface area contributed by atoms with Gasteiger partial charge in [0.25, 0.3) is 17.9 Å². The summed E-state index contributed by atoms with van der Waals surface area (Å²) in [5.41, 5.74) is 2.05. The first-order chi connectivity index (χ1) is 15.6. The molecule has 6 nitrogen and oxygen atoms in total. The second-order valence-electron chi connectivity index (χ2n) is 8.25. The number of alkyl halides is 4. The Labute approximate surface area is 186 Å². The highest BCUT2D eigenvalue weighted by Crippen LogP contribution is 2.50. The van der Waals surface area contributed by atoms with E-state index in [9.17, 15) is 27.2 Å². The molecule has 176 valence electrons. The molecule has 1 atom stereocenters. The number of aryl methyl sites for hydroxylation is 1. The fraction of sp³-hybridized carbons (Fsp3) is 0.429. The molecule has 0 bridgehead atoms. The van der Waals surface area contributed by atoms with Gasteiger partial charge < -0.3 is 10.5 Å². The minimum atomic E-state index is -3.38. The molecule has 1 unspecified atom stereocenters. The highest BCUT2D eigenvalue weighted by atomic mass is 32.1. The van der Waals surface area contributed by atoms with Gasteiger partial charge in [-0.15, -0.1) is 11.3 Å². The number of nitrogens with zero attached hydrogens (tertiary/aromatic N) is 1. The number of aromatic amines is 1. The van der Waals surface area contributed by atoms with Crippen molar-refractivity contribution in [3.63, 3.8) is 0 Å². The van der Waals surface area contributed by atoms with Crippen molar-refractivity contribution in [2.45, 2.75) is 50.1 Å². The largest absolute Gasteiger partial charge is 0.494 e. The van der Waals surface area contributed by atoms with E-state index in [4.69, 9.17) is 10.5 Å². The van der Waals surface area contributed by atoms with Crippen molar-refractivity contribution in [1.29, 1.82) is 0 Å². The first-order valence-corrected chi connectivity index (χ1v) is 11.0. The number of ether oxygens (including phenoxy) is 1. The lowest BCUT2D eigenvalue weighted by molar-refractivity contribution is -0.0392. The first-order valence-electron chi connectivity index (χ1n) is 10.2. The lowest BCUT2D eigenvalue weighted by atomic mass is 9.90. The molecule has 0 saturated heterocycles. The zero-order valence-corrected chi connectivity index (χ0v) is 18.0. The van der Waals surface area contributed by atoms with E-state index in [2.05, 4.69) is 0 Å². The molecule has 0 amide bonds. The summed E-state index contributed by atoms with van der Waals surface area (Å²) in [7, 11) is 1.16. The number of benzene rings is 1. The summed E-state index contributed by atoms with van der Waals surface area (Å²) >= 11 is 0.952. The molecular formula is C21H18F5N3O3S. The zero-order chi connectivity index (χ0) is 23.8. The van der Waals surface area contributed by atoms with Crippen LogP contribution in [0.15, 0.2) is 15.7 Å². The number of hydrogen-bond donors (Lipinski definition) is 2. The van der Waals surface area contributed by atoms with Crippen LogP contribution in [-0.2, 0) is 6.42 Å². The third-order valence-electron chi connectivity index (χ3n) is 6.21. The van der Waals surface area contributed by atoms with Gasteiger partial charge in [0.05, 0.1) is 29.7 Å². The number of nitrogens with two attached hydrogens (primary N) is 1. The summed E-state index contributed by atoms with van der Waals surface area (Å²) in [6, 6.07) is -0.729. The van der Waals surface area contributed by atoms with Crippen LogP contribution in [0.1, 0.15) is 53.8 Å². The minimum absolute atomic E-state index is 0.00757. The van der Waals surface area contributed by atoms with Crippen molar-refractivity contribution >= 4 is 22.2 Å². The van der Waals surface area contributed by atoms with Crippen molar-refractivity contribution in [3.8, 4) is 16.2 Å². The average molecular weight is 487 g/mol. The van der Waals surface area contributed by atoms with Gasteiger partial charge in [-0.05, 0) is 30.9 Å². The Hall–Kier alpha value is -2.73. The van der Waals surface area contributed by atoms with E-state index < -0.39 is 58.4 Å². The van der Waals surface area contributed by atoms with Gasteiger partial charge in [-0.3, -0.25) is 14.3 Å². The second-order valence-corrected chi connectivity index (χ2v) is 9.39. The van der Waals surface area contributed by atoms with Crippen LogP contribution in [0.3, 0.4) is 0 Å². The Morgan fingerprint density at radius 2 is 2.00 bits per heavy atom. The number of thiophene rings is 1. The van der Waals surface area contributed by atoms with E-state index in [0.29, 0.717) is 17.7 Å². The average Bonchev–Trinajstić information content (AvgIpc) is 3.48. The lowest BCUT2D eigenvalue weighted by Crippen LogP contribution is -2.36. The molecule has 12 heteroatoms. The predicted molar refractivity (Wildman–Crippen MR) is 112 cm³/mol. The number of halogens is 5. The summed E-state index contributed by atoms with van der Waals surface area (Å²) < 4.78 is 78.6. The molecule has 1 saturated carbocycles. The summed E-state index contributed by atoms with van der Waals surface area (Å²) in [6.45, 7) is 0. The molecule has 2 heterocycles. The maximum absolute atomic E-state index is 15.7. The van der Waals surface area contributed by atoms with Gasteiger partial charge in [0, 0.05) is 22.2 Å². The van der Waals surface area contributed by atoms with Gasteiger partial charge in [-0.25, -0.2) is 26.7 Å². The van der Waals surface area contributed by atoms with E-state index in [1.54, 1.807) is 0 Å². The van der Waals surface area contributed by atoms with E-state index >= 15 is 4.39 Å². The maximum atomic E-state index is 15.7. The second kappa shape index (κ2) is 7.39. The normalized spacial score (nSPS) is 19.8. The van der Waals surface area contributed by atoms with E-state index in [0.717, 1.165) is 23.0 Å². The molecule has 2 aliphatic carbocycles. The number of nitrogens with one attached hydrogen (secondary N) is 1. The highest BCUT2D eigenvalue weighted by molar-refractivity contribution is 7.15. The zero-order valence-electron chi connectivity index (χ0n) is 17.2. The molecule has 5 rings (SSSR count).